The van der Waals surface area contributed by atoms with Crippen molar-refractivity contribution in [1.82, 2.24) is 74.5 Å². The Morgan fingerprint density at radius 3 is 0.867 bits per heavy atom. The van der Waals surface area contributed by atoms with Gasteiger partial charge in [0.2, 0.25) is 17.8 Å². The van der Waals surface area contributed by atoms with Gasteiger partial charge in [-0.15, -0.1) is 0 Å². The number of ether oxygens (including phenoxy) is 6. The zero-order valence-electron chi connectivity index (χ0n) is 70.1. The van der Waals surface area contributed by atoms with Gasteiger partial charge in [-0.25, -0.2) is 59.8 Å². The van der Waals surface area contributed by atoms with Crippen molar-refractivity contribution in [2.75, 3.05) is 209 Å². The lowest BCUT2D eigenvalue weighted by molar-refractivity contribution is 0.148. The number of anilines is 6. The molecule has 12 aromatic rings. The van der Waals surface area contributed by atoms with Gasteiger partial charge in [-0.3, -0.25) is 0 Å². The number of nitrogens with zero attached hydrogens (tertiary/aromatic N) is 21. The molecule has 0 saturated carbocycles. The molecule has 6 aliphatic rings. The molecule has 6 aromatic carbocycles. The molecule has 2 atom stereocenters. The van der Waals surface area contributed by atoms with E-state index in [1.165, 1.54) is 42.4 Å². The maximum atomic E-state index is 6.34. The Balaban J connectivity index is 0.000000134. The Hall–Kier alpha value is -11.9. The SMILES string of the molecule is COc1cc2ncnc(N3CCN(c4ncc(Cc5ccccc5)cn4)CC3)c2cc1OCC1CCCN(C)C1.COc1cc2ncnc(N3CCN(c4ncc(Cc5ccccc5)cn4)CC3)c2cc1OCC1CCN(C)CC1.COc1cc2ncnc(N3CCN(c4ncc(Cc5ccccc5)cn4)CC3)c2cc1OC[C@@H]1CCCN(C)C1. The highest BCUT2D eigenvalue weighted by molar-refractivity contribution is 5.94. The highest BCUT2D eigenvalue weighted by Gasteiger charge is 2.29. The molecule has 6 saturated heterocycles. The second-order valence-corrected chi connectivity index (χ2v) is 32.5. The summed E-state index contributed by atoms with van der Waals surface area (Å²) in [6, 6.07) is 43.3. The minimum Gasteiger partial charge on any atom is -0.493 e. The first-order valence-corrected chi connectivity index (χ1v) is 42.4. The summed E-state index contributed by atoms with van der Waals surface area (Å²) in [6.45, 7) is 18.6. The lowest BCUT2D eigenvalue weighted by Crippen LogP contribution is -2.47. The lowest BCUT2D eigenvalue weighted by Gasteiger charge is -2.35. The fourth-order valence-corrected chi connectivity index (χ4v) is 17.1. The first-order chi connectivity index (χ1) is 59.0. The van der Waals surface area contributed by atoms with Crippen LogP contribution < -0.4 is 57.8 Å². The minimum atomic E-state index is 0.522. The molecular formula is C93H111N21O6. The average molecular weight is 1620 g/mol. The highest BCUT2D eigenvalue weighted by atomic mass is 16.5. The maximum absolute atomic E-state index is 6.34. The quantitative estimate of drug-likeness (QED) is 0.0546. The molecule has 0 amide bonds. The van der Waals surface area contributed by atoms with E-state index in [1.54, 1.807) is 40.3 Å². The molecule has 27 nitrogen and oxygen atoms in total. The Kier molecular flexibility index (Phi) is 27.1. The van der Waals surface area contributed by atoms with Crippen LogP contribution in [-0.2, 0) is 19.3 Å². The molecule has 6 aliphatic heterocycles. The van der Waals surface area contributed by atoms with E-state index in [0.29, 0.717) is 54.8 Å². The van der Waals surface area contributed by atoms with E-state index >= 15 is 0 Å². The molecule has 27 heteroatoms. The summed E-state index contributed by atoms with van der Waals surface area (Å²) in [7, 11) is 11.6. The van der Waals surface area contributed by atoms with Crippen molar-refractivity contribution in [3.63, 3.8) is 0 Å². The Bertz CT molecular complexity index is 5040. The average Bonchev–Trinajstić information content (AvgIpc) is 0.787. The van der Waals surface area contributed by atoms with Crippen LogP contribution in [0.1, 0.15) is 71.9 Å². The largest absolute Gasteiger partial charge is 0.493 e. The lowest BCUT2D eigenvalue weighted by atomic mass is 9.98. The van der Waals surface area contributed by atoms with Gasteiger partial charge < -0.3 is 72.5 Å². The predicted octanol–water partition coefficient (Wildman–Crippen LogP) is 12.2. The molecule has 0 radical (unpaired) electrons. The molecule has 6 aromatic heterocycles. The predicted molar refractivity (Wildman–Crippen MR) is 473 cm³/mol. The van der Waals surface area contributed by atoms with Crippen LogP contribution >= 0.6 is 0 Å². The minimum absolute atomic E-state index is 0.522. The second kappa shape index (κ2) is 39.7. The van der Waals surface area contributed by atoms with Crippen molar-refractivity contribution in [2.45, 2.75) is 57.8 Å². The van der Waals surface area contributed by atoms with Crippen LogP contribution in [0.25, 0.3) is 32.7 Å². The van der Waals surface area contributed by atoms with Crippen molar-refractivity contribution in [1.29, 1.82) is 0 Å². The van der Waals surface area contributed by atoms with Crippen molar-refractivity contribution < 1.29 is 28.4 Å². The van der Waals surface area contributed by atoms with E-state index in [4.69, 9.17) is 43.4 Å². The van der Waals surface area contributed by atoms with Crippen LogP contribution in [0.3, 0.4) is 0 Å². The number of methoxy groups -OCH3 is 3. The molecule has 624 valence electrons. The third kappa shape index (κ3) is 20.8. The van der Waals surface area contributed by atoms with E-state index in [0.717, 1.165) is 252 Å². The van der Waals surface area contributed by atoms with E-state index in [9.17, 15) is 0 Å². The number of fused-ring (bicyclic) bond motifs is 3. The van der Waals surface area contributed by atoms with Crippen LogP contribution in [0.15, 0.2) is 184 Å². The van der Waals surface area contributed by atoms with Crippen LogP contribution in [0.5, 0.6) is 34.5 Å². The molecule has 1 unspecified atom stereocenters. The first kappa shape index (κ1) is 81.8. The van der Waals surface area contributed by atoms with Gasteiger partial charge in [-0.1, -0.05) is 91.0 Å². The van der Waals surface area contributed by atoms with Gasteiger partial charge >= 0.3 is 0 Å². The summed E-state index contributed by atoms with van der Waals surface area (Å²) in [5.41, 5.74) is 9.69. The molecule has 12 heterocycles. The van der Waals surface area contributed by atoms with Crippen LogP contribution in [0, 0.1) is 17.8 Å². The first-order valence-electron chi connectivity index (χ1n) is 42.4. The van der Waals surface area contributed by atoms with Crippen LogP contribution in [-0.4, -0.2) is 255 Å². The number of hydrogen-bond donors (Lipinski definition) is 0. The molecule has 6 fully saturated rings. The summed E-state index contributed by atoms with van der Waals surface area (Å²) in [5.74, 6) is 11.1. The fourth-order valence-electron chi connectivity index (χ4n) is 17.1. The summed E-state index contributed by atoms with van der Waals surface area (Å²) in [6.07, 6.45) is 26.2. The van der Waals surface area contributed by atoms with Crippen molar-refractivity contribution in [2.24, 2.45) is 17.8 Å². The highest BCUT2D eigenvalue weighted by Crippen LogP contribution is 2.40. The van der Waals surface area contributed by atoms with Crippen LogP contribution in [0.4, 0.5) is 35.3 Å². The molecule has 0 aliphatic carbocycles. The zero-order valence-corrected chi connectivity index (χ0v) is 70.1. The number of rotatable bonds is 24. The van der Waals surface area contributed by atoms with E-state index in [-0.39, 0.29) is 0 Å². The maximum Gasteiger partial charge on any atom is 0.225 e. The van der Waals surface area contributed by atoms with E-state index in [2.05, 4.69) is 201 Å². The molecule has 0 N–H and O–H groups in total. The van der Waals surface area contributed by atoms with Gasteiger partial charge in [-0.05, 0) is 143 Å². The van der Waals surface area contributed by atoms with Gasteiger partial charge in [-0.2, -0.15) is 0 Å². The molecule has 0 spiro atoms. The number of benzene rings is 6. The number of piperidine rings is 3. The Morgan fingerprint density at radius 2 is 0.575 bits per heavy atom. The summed E-state index contributed by atoms with van der Waals surface area (Å²) in [5, 5.41) is 2.94. The van der Waals surface area contributed by atoms with E-state index in [1.807, 2.05) is 73.6 Å². The smallest absolute Gasteiger partial charge is 0.225 e. The molecule has 120 heavy (non-hydrogen) atoms. The number of likely N-dealkylation sites (tertiary alicyclic amines) is 3. The van der Waals surface area contributed by atoms with Gasteiger partial charge in [0.25, 0.3) is 0 Å². The summed E-state index contributed by atoms with van der Waals surface area (Å²) in [4.78, 5) is 76.6. The zero-order chi connectivity index (χ0) is 81.9. The number of piperazine rings is 3. The van der Waals surface area contributed by atoms with Crippen molar-refractivity contribution >= 4 is 68.0 Å². The fraction of sp³-hybridized carbons (Fsp3) is 0.419. The van der Waals surface area contributed by atoms with Gasteiger partial charge in [0.1, 0.15) is 36.4 Å². The number of hydrogen-bond acceptors (Lipinski definition) is 27. The monoisotopic (exact) mass is 1620 g/mol. The standard InChI is InChI=1S/3C31H37N7O2/c2*1-36-10-6-9-24(20-36)21-40-29-16-26-27(17-28(29)39-2)34-22-35-30(26)37-11-13-38(14-12-37)31-32-18-25(19-33-31)15-23-7-4-3-5-8-23;1-36-10-8-24(9-11-36)21-40-29-17-26-27(18-28(29)39-2)34-22-35-30(26)37-12-14-38(15-13-37)31-32-19-25(20-33-31)16-23-6-4-3-5-7-23/h2*3-5,7-8,16-19,22,24H,6,9-15,20-21H2,1-2H3;3-7,17-20,22,24H,8-16,21H2,1-2H3/t24-;;/m1../s1. The molecular weight excluding hydrogens is 1510 g/mol. The molecule has 0 bridgehead atoms. The Labute approximate surface area is 703 Å². The number of aromatic nitrogens is 12. The summed E-state index contributed by atoms with van der Waals surface area (Å²) < 4.78 is 36.0. The Morgan fingerprint density at radius 1 is 0.283 bits per heavy atom. The summed E-state index contributed by atoms with van der Waals surface area (Å²) >= 11 is 0. The third-order valence-electron chi connectivity index (χ3n) is 23.8. The van der Waals surface area contributed by atoms with Gasteiger partial charge in [0.05, 0.1) is 57.7 Å². The van der Waals surface area contributed by atoms with Crippen molar-refractivity contribution in [3.05, 3.63) is 217 Å². The van der Waals surface area contributed by atoms with E-state index < -0.39 is 0 Å². The second-order valence-electron chi connectivity index (χ2n) is 32.5. The van der Waals surface area contributed by atoms with Gasteiger partial charge in [0, 0.05) is 194 Å². The van der Waals surface area contributed by atoms with Crippen LogP contribution in [0.2, 0.25) is 0 Å². The van der Waals surface area contributed by atoms with Gasteiger partial charge in [0.15, 0.2) is 34.5 Å². The normalized spacial score (nSPS) is 17.8. The topological polar surface area (TPSA) is 239 Å². The van der Waals surface area contributed by atoms with Crippen molar-refractivity contribution in [3.8, 4) is 34.5 Å². The third-order valence-corrected chi connectivity index (χ3v) is 23.8. The molecule has 18 rings (SSSR count).